The minimum absolute atomic E-state index is 0.0826. The van der Waals surface area contributed by atoms with Gasteiger partial charge < -0.3 is 13.7 Å². The molecule has 0 spiro atoms. The molecule has 0 unspecified atom stereocenters. The van der Waals surface area contributed by atoms with Gasteiger partial charge >= 0.3 is 7.12 Å². The quantitative estimate of drug-likeness (QED) is 0.532. The predicted molar refractivity (Wildman–Crippen MR) is 127 cm³/mol. The van der Waals surface area contributed by atoms with Gasteiger partial charge in [0, 0.05) is 18.6 Å². The Bertz CT molecular complexity index is 815. The lowest BCUT2D eigenvalue weighted by molar-refractivity contribution is 0.0343. The van der Waals surface area contributed by atoms with Crippen LogP contribution < -0.4 is 9.89 Å². The molecule has 0 aliphatic carbocycles. The zero-order valence-electron chi connectivity index (χ0n) is 19.4. The molecule has 2 aromatic carbocycles. The van der Waals surface area contributed by atoms with Crippen LogP contribution in [0.3, 0.4) is 0 Å². The van der Waals surface area contributed by atoms with Crippen molar-refractivity contribution in [2.45, 2.75) is 72.0 Å². The average molecular weight is 412 g/mol. The Labute approximate surface area is 178 Å². The number of hydrogen-bond donors (Lipinski definition) is 0. The molecule has 0 aromatic heterocycles. The standard InChI is InChI=1S/C24H37BO3Si/c1-17(2)29(18(3)4,19(5)6)28-23-12-10-20-13-22(11-9-21(20)14-23)25-26-15-24(7,8)16-27-25/h9-14,17-19H,15-16H2,1-8H3. The predicted octanol–water partition coefficient (Wildman–Crippen LogP) is 6.16. The van der Waals surface area contributed by atoms with E-state index in [2.05, 4.69) is 91.8 Å². The third-order valence-electron chi connectivity index (χ3n) is 6.36. The SMILES string of the molecule is CC(C)[Si](Oc1ccc2cc(B3OCC(C)(C)CO3)ccc2c1)(C(C)C)C(C)C. The van der Waals surface area contributed by atoms with Gasteiger partial charge in [-0.3, -0.25) is 0 Å². The molecule has 5 heteroatoms. The van der Waals surface area contributed by atoms with Gasteiger partial charge in [0.15, 0.2) is 0 Å². The van der Waals surface area contributed by atoms with Crippen LogP contribution in [0.4, 0.5) is 0 Å². The second-order valence-corrected chi connectivity index (χ2v) is 15.7. The van der Waals surface area contributed by atoms with Gasteiger partial charge in [-0.2, -0.15) is 0 Å². The van der Waals surface area contributed by atoms with E-state index in [4.69, 9.17) is 13.7 Å². The zero-order valence-corrected chi connectivity index (χ0v) is 20.4. The van der Waals surface area contributed by atoms with Gasteiger partial charge in [-0.1, -0.05) is 79.7 Å². The van der Waals surface area contributed by atoms with Crippen LogP contribution >= 0.6 is 0 Å². The molecular formula is C24H37BO3Si. The third-order valence-corrected chi connectivity index (χ3v) is 12.4. The van der Waals surface area contributed by atoms with Crippen molar-refractivity contribution in [3.05, 3.63) is 36.4 Å². The van der Waals surface area contributed by atoms with Crippen LogP contribution in [0.2, 0.25) is 16.6 Å². The smallest absolute Gasteiger partial charge is 0.493 e. The molecule has 0 N–H and O–H groups in total. The molecule has 1 fully saturated rings. The van der Waals surface area contributed by atoms with E-state index in [0.29, 0.717) is 16.6 Å². The van der Waals surface area contributed by atoms with Crippen molar-refractivity contribution in [1.29, 1.82) is 0 Å². The van der Waals surface area contributed by atoms with Gasteiger partial charge in [-0.25, -0.2) is 0 Å². The minimum atomic E-state index is -1.95. The summed E-state index contributed by atoms with van der Waals surface area (Å²) in [6.07, 6.45) is 0. The van der Waals surface area contributed by atoms with Crippen LogP contribution in [-0.2, 0) is 9.31 Å². The third kappa shape index (κ3) is 4.57. The van der Waals surface area contributed by atoms with E-state index >= 15 is 0 Å². The van der Waals surface area contributed by atoms with Gasteiger partial charge in [-0.05, 0) is 45.0 Å². The van der Waals surface area contributed by atoms with Crippen molar-refractivity contribution >= 4 is 31.7 Å². The van der Waals surface area contributed by atoms with E-state index in [9.17, 15) is 0 Å². The van der Waals surface area contributed by atoms with Crippen LogP contribution in [0.1, 0.15) is 55.4 Å². The second-order valence-electron chi connectivity index (χ2n) is 10.3. The number of hydrogen-bond acceptors (Lipinski definition) is 3. The Morgan fingerprint density at radius 3 is 1.90 bits per heavy atom. The molecule has 3 nitrogen and oxygen atoms in total. The van der Waals surface area contributed by atoms with Crippen LogP contribution in [0.5, 0.6) is 5.75 Å². The van der Waals surface area contributed by atoms with Crippen molar-refractivity contribution in [3.8, 4) is 5.75 Å². The van der Waals surface area contributed by atoms with Crippen LogP contribution in [-0.4, -0.2) is 28.6 Å². The first kappa shape index (κ1) is 22.4. The monoisotopic (exact) mass is 412 g/mol. The van der Waals surface area contributed by atoms with E-state index in [-0.39, 0.29) is 12.5 Å². The molecule has 1 aliphatic heterocycles. The summed E-state index contributed by atoms with van der Waals surface area (Å²) in [5.41, 5.74) is 2.84. The van der Waals surface area contributed by atoms with Crippen molar-refractivity contribution in [2.24, 2.45) is 5.41 Å². The van der Waals surface area contributed by atoms with Gasteiger partial charge in [0.05, 0.1) is 0 Å². The largest absolute Gasteiger partial charge is 0.543 e. The fourth-order valence-corrected chi connectivity index (χ4v) is 10.1. The summed E-state index contributed by atoms with van der Waals surface area (Å²) in [5.74, 6) is 1.000. The van der Waals surface area contributed by atoms with Gasteiger partial charge in [0.2, 0.25) is 0 Å². The van der Waals surface area contributed by atoms with E-state index in [1.807, 2.05) is 0 Å². The summed E-state index contributed by atoms with van der Waals surface area (Å²) >= 11 is 0. The maximum Gasteiger partial charge on any atom is 0.493 e. The molecule has 0 saturated carbocycles. The van der Waals surface area contributed by atoms with E-state index < -0.39 is 8.32 Å². The van der Waals surface area contributed by atoms with E-state index in [1.54, 1.807) is 0 Å². The summed E-state index contributed by atoms with van der Waals surface area (Å²) in [7, 11) is -2.22. The first-order valence-electron chi connectivity index (χ1n) is 11.0. The minimum Gasteiger partial charge on any atom is -0.543 e. The summed E-state index contributed by atoms with van der Waals surface area (Å²) in [6.45, 7) is 19.7. The van der Waals surface area contributed by atoms with E-state index in [0.717, 1.165) is 24.4 Å². The maximum absolute atomic E-state index is 6.85. The van der Waals surface area contributed by atoms with Crippen molar-refractivity contribution in [2.75, 3.05) is 13.2 Å². The summed E-state index contributed by atoms with van der Waals surface area (Å²) < 4.78 is 18.8. The molecule has 2 aromatic rings. The number of rotatable bonds is 6. The summed E-state index contributed by atoms with van der Waals surface area (Å²) in [6, 6.07) is 13.0. The fourth-order valence-electron chi connectivity index (χ4n) is 4.89. The first-order chi connectivity index (χ1) is 13.5. The Hall–Kier alpha value is -1.30. The molecule has 0 radical (unpaired) electrons. The topological polar surface area (TPSA) is 27.7 Å². The van der Waals surface area contributed by atoms with Crippen molar-refractivity contribution in [1.82, 2.24) is 0 Å². The molecular weight excluding hydrogens is 375 g/mol. The number of fused-ring (bicyclic) bond motifs is 1. The molecule has 158 valence electrons. The lowest BCUT2D eigenvalue weighted by Gasteiger charge is -2.42. The van der Waals surface area contributed by atoms with Gasteiger partial charge in [0.25, 0.3) is 8.32 Å². The van der Waals surface area contributed by atoms with Gasteiger partial charge in [-0.15, -0.1) is 0 Å². The molecule has 0 amide bonds. The summed E-state index contributed by atoms with van der Waals surface area (Å²) in [4.78, 5) is 0. The Balaban J connectivity index is 1.86. The lowest BCUT2D eigenvalue weighted by atomic mass is 9.75. The van der Waals surface area contributed by atoms with Crippen molar-refractivity contribution in [3.63, 3.8) is 0 Å². The van der Waals surface area contributed by atoms with Gasteiger partial charge in [0.1, 0.15) is 5.75 Å². The highest BCUT2D eigenvalue weighted by molar-refractivity contribution is 6.78. The van der Waals surface area contributed by atoms with E-state index in [1.165, 1.54) is 10.8 Å². The highest BCUT2D eigenvalue weighted by atomic mass is 28.4. The average Bonchev–Trinajstić information content (AvgIpc) is 2.64. The normalized spacial score (nSPS) is 17.6. The Morgan fingerprint density at radius 2 is 1.34 bits per heavy atom. The van der Waals surface area contributed by atoms with Crippen LogP contribution in [0, 0.1) is 5.41 Å². The molecule has 3 rings (SSSR count). The number of benzene rings is 2. The highest BCUT2D eigenvalue weighted by Crippen LogP contribution is 2.43. The van der Waals surface area contributed by atoms with Crippen LogP contribution in [0.25, 0.3) is 10.8 Å². The zero-order chi connectivity index (χ0) is 21.4. The lowest BCUT2D eigenvalue weighted by Crippen LogP contribution is -2.50. The Morgan fingerprint density at radius 1 is 0.828 bits per heavy atom. The molecule has 29 heavy (non-hydrogen) atoms. The van der Waals surface area contributed by atoms with Crippen LogP contribution in [0.15, 0.2) is 36.4 Å². The fraction of sp³-hybridized carbons (Fsp3) is 0.583. The first-order valence-corrected chi connectivity index (χ1v) is 13.1. The Kier molecular flexibility index (Phi) is 6.52. The highest BCUT2D eigenvalue weighted by Gasteiger charge is 2.47. The molecule has 0 bridgehead atoms. The summed E-state index contributed by atoms with van der Waals surface area (Å²) in [5, 5.41) is 2.39. The van der Waals surface area contributed by atoms with Crippen molar-refractivity contribution < 1.29 is 13.7 Å². The molecule has 0 atom stereocenters. The molecule has 1 heterocycles. The second kappa shape index (κ2) is 8.45. The maximum atomic E-state index is 6.85. The molecule has 1 saturated heterocycles. The molecule has 1 aliphatic rings.